The van der Waals surface area contributed by atoms with Crippen molar-refractivity contribution in [1.29, 1.82) is 0 Å². The fourth-order valence-corrected chi connectivity index (χ4v) is 4.83. The maximum atomic E-state index is 12.6. The number of carbonyl (C=O) groups is 2. The predicted octanol–water partition coefficient (Wildman–Crippen LogP) is 7.01. The van der Waals surface area contributed by atoms with Gasteiger partial charge < -0.3 is 14.2 Å². The van der Waals surface area contributed by atoms with Gasteiger partial charge in [-0.3, -0.25) is 9.88 Å². The normalized spacial score (nSPS) is 12.3. The Hall–Kier alpha value is -3.56. The molecule has 10 heteroatoms. The number of imidazole rings is 1. The number of rotatable bonds is 6. The van der Waals surface area contributed by atoms with Crippen LogP contribution in [0, 0.1) is 0 Å². The number of hydrogen-bond acceptors (Lipinski definition) is 7. The smallest absolute Gasteiger partial charge is 0.412 e. The number of aromatic nitrogens is 2. The van der Waals surface area contributed by atoms with Crippen molar-refractivity contribution in [2.24, 2.45) is 0 Å². The van der Waals surface area contributed by atoms with E-state index < -0.39 is 23.8 Å². The topological polar surface area (TPSA) is 91.7 Å². The predicted molar refractivity (Wildman–Crippen MR) is 141 cm³/mol. The summed E-state index contributed by atoms with van der Waals surface area (Å²) in [4.78, 5) is 29.5. The summed E-state index contributed by atoms with van der Waals surface area (Å²) in [6.07, 6.45) is 0.686. The molecule has 1 unspecified atom stereocenters. The molecule has 36 heavy (non-hydrogen) atoms. The van der Waals surface area contributed by atoms with Crippen molar-refractivity contribution in [2.45, 2.75) is 39.4 Å². The molecule has 8 nitrogen and oxygen atoms in total. The highest BCUT2D eigenvalue weighted by Crippen LogP contribution is 2.37. The van der Waals surface area contributed by atoms with Gasteiger partial charge in [0.2, 0.25) is 0 Å². The fourth-order valence-electron chi connectivity index (χ4n) is 3.54. The zero-order valence-electron chi connectivity index (χ0n) is 20.5. The van der Waals surface area contributed by atoms with Crippen molar-refractivity contribution < 1.29 is 23.8 Å². The number of anilines is 1. The second-order valence-corrected chi connectivity index (χ2v) is 10.4. The number of carbonyl (C=O) groups excluding carboxylic acids is 2. The number of halogens is 1. The van der Waals surface area contributed by atoms with E-state index in [1.807, 2.05) is 29.7 Å². The summed E-state index contributed by atoms with van der Waals surface area (Å²) < 4.78 is 18.3. The number of fused-ring (bicyclic) bond motifs is 1. The fraction of sp³-hybridized carbons (Fsp3) is 0.269. The number of ether oxygens (including phenoxy) is 3. The summed E-state index contributed by atoms with van der Waals surface area (Å²) in [6.45, 7) is 7.26. The average Bonchev–Trinajstić information content (AvgIpc) is 3.41. The molecule has 1 amide bonds. The van der Waals surface area contributed by atoms with Gasteiger partial charge in [-0.05, 0) is 52.0 Å². The molecule has 2 aromatic heterocycles. The van der Waals surface area contributed by atoms with Crippen LogP contribution in [-0.4, -0.2) is 34.3 Å². The molecule has 0 spiro atoms. The second kappa shape index (κ2) is 10.2. The highest BCUT2D eigenvalue weighted by molar-refractivity contribution is 7.16. The van der Waals surface area contributed by atoms with Crippen molar-refractivity contribution in [3.8, 4) is 10.8 Å². The first-order valence-corrected chi connectivity index (χ1v) is 12.4. The third-order valence-electron chi connectivity index (χ3n) is 5.13. The summed E-state index contributed by atoms with van der Waals surface area (Å²) in [7, 11) is 1.32. The molecular weight excluding hydrogens is 502 g/mol. The SMILES string of the molecule is COC(=O)c1sc(-n2cnc3ccc(NC(=O)OC(C)(C)C)cc32)cc1OC(C)c1ccccc1Cl. The Bertz CT molecular complexity index is 1420. The van der Waals surface area contributed by atoms with E-state index in [0.717, 1.165) is 11.1 Å². The maximum absolute atomic E-state index is 12.6. The van der Waals surface area contributed by atoms with Gasteiger partial charge in [0.15, 0.2) is 4.88 Å². The molecule has 1 atom stereocenters. The van der Waals surface area contributed by atoms with Gasteiger partial charge in [0, 0.05) is 22.3 Å². The van der Waals surface area contributed by atoms with Crippen LogP contribution in [0.5, 0.6) is 5.75 Å². The highest BCUT2D eigenvalue weighted by atomic mass is 35.5. The van der Waals surface area contributed by atoms with Gasteiger partial charge in [-0.25, -0.2) is 14.6 Å². The lowest BCUT2D eigenvalue weighted by Gasteiger charge is -2.19. The highest BCUT2D eigenvalue weighted by Gasteiger charge is 2.23. The van der Waals surface area contributed by atoms with Crippen LogP contribution in [0.2, 0.25) is 5.02 Å². The molecule has 0 saturated carbocycles. The molecule has 0 fully saturated rings. The van der Waals surface area contributed by atoms with Crippen LogP contribution in [0.1, 0.15) is 49.0 Å². The van der Waals surface area contributed by atoms with E-state index in [1.54, 1.807) is 57.4 Å². The number of nitrogens with zero attached hydrogens (tertiary/aromatic N) is 2. The van der Waals surface area contributed by atoms with E-state index in [2.05, 4.69) is 10.3 Å². The molecule has 2 heterocycles. The first-order valence-electron chi connectivity index (χ1n) is 11.2. The van der Waals surface area contributed by atoms with Crippen LogP contribution < -0.4 is 10.1 Å². The molecule has 188 valence electrons. The molecule has 0 aliphatic heterocycles. The van der Waals surface area contributed by atoms with E-state index in [0.29, 0.717) is 31.9 Å². The van der Waals surface area contributed by atoms with E-state index in [4.69, 9.17) is 25.8 Å². The Labute approximate surface area is 217 Å². The Kier molecular flexibility index (Phi) is 7.23. The van der Waals surface area contributed by atoms with Crippen molar-refractivity contribution in [1.82, 2.24) is 9.55 Å². The standard InChI is InChI=1S/C26H26ClN3O5S/c1-15(17-8-6-7-9-18(17)27)34-21-13-22(36-23(21)24(31)33-5)30-14-28-19-11-10-16(12-20(19)30)29-25(32)35-26(2,3)4/h6-15H,1-5H3,(H,29,32). The van der Waals surface area contributed by atoms with Crippen LogP contribution in [0.25, 0.3) is 16.0 Å². The summed E-state index contributed by atoms with van der Waals surface area (Å²) in [6, 6.07) is 14.5. The van der Waals surface area contributed by atoms with Crippen molar-refractivity contribution >= 4 is 51.7 Å². The Morgan fingerprint density at radius 3 is 2.58 bits per heavy atom. The third-order valence-corrected chi connectivity index (χ3v) is 6.57. The Morgan fingerprint density at radius 2 is 1.89 bits per heavy atom. The van der Waals surface area contributed by atoms with Crippen LogP contribution in [0.15, 0.2) is 54.9 Å². The van der Waals surface area contributed by atoms with Crippen molar-refractivity contribution in [2.75, 3.05) is 12.4 Å². The lowest BCUT2D eigenvalue weighted by Crippen LogP contribution is -2.27. The Balaban J connectivity index is 1.68. The molecule has 0 aliphatic rings. The Morgan fingerprint density at radius 1 is 1.14 bits per heavy atom. The molecule has 0 saturated heterocycles. The molecule has 1 N–H and O–H groups in total. The summed E-state index contributed by atoms with van der Waals surface area (Å²) >= 11 is 7.54. The van der Waals surface area contributed by atoms with Gasteiger partial charge in [-0.1, -0.05) is 29.8 Å². The van der Waals surface area contributed by atoms with Gasteiger partial charge in [-0.2, -0.15) is 0 Å². The van der Waals surface area contributed by atoms with Gasteiger partial charge in [0.25, 0.3) is 0 Å². The zero-order valence-corrected chi connectivity index (χ0v) is 22.1. The average molecular weight is 528 g/mol. The van der Waals surface area contributed by atoms with E-state index in [-0.39, 0.29) is 0 Å². The van der Waals surface area contributed by atoms with Crippen molar-refractivity contribution in [3.05, 3.63) is 70.3 Å². The van der Waals surface area contributed by atoms with Crippen LogP contribution >= 0.6 is 22.9 Å². The third kappa shape index (κ3) is 5.63. The van der Waals surface area contributed by atoms with Crippen molar-refractivity contribution in [3.63, 3.8) is 0 Å². The number of esters is 1. The van der Waals surface area contributed by atoms with E-state index in [1.165, 1.54) is 18.4 Å². The largest absolute Gasteiger partial charge is 0.484 e. The first kappa shape index (κ1) is 25.5. The van der Waals surface area contributed by atoms with E-state index >= 15 is 0 Å². The quantitative estimate of drug-likeness (QED) is 0.271. The first-order chi connectivity index (χ1) is 17.1. The monoisotopic (exact) mass is 527 g/mol. The maximum Gasteiger partial charge on any atom is 0.412 e. The molecule has 2 aromatic carbocycles. The molecule has 0 radical (unpaired) electrons. The second-order valence-electron chi connectivity index (χ2n) is 9.00. The lowest BCUT2D eigenvalue weighted by atomic mass is 10.1. The summed E-state index contributed by atoms with van der Waals surface area (Å²) in [5.74, 6) is -0.136. The van der Waals surface area contributed by atoms with Gasteiger partial charge in [0.05, 0.1) is 18.1 Å². The summed E-state index contributed by atoms with van der Waals surface area (Å²) in [5, 5.41) is 4.01. The molecular formula is C26H26ClN3O5S. The minimum Gasteiger partial charge on any atom is -0.484 e. The number of thiophene rings is 1. The van der Waals surface area contributed by atoms with Gasteiger partial charge in [0.1, 0.15) is 28.8 Å². The number of hydrogen-bond donors (Lipinski definition) is 1. The molecule has 0 aliphatic carbocycles. The minimum atomic E-state index is -0.616. The molecule has 4 aromatic rings. The van der Waals surface area contributed by atoms with Crippen LogP contribution in [0.4, 0.5) is 10.5 Å². The van der Waals surface area contributed by atoms with Gasteiger partial charge >= 0.3 is 12.1 Å². The minimum absolute atomic E-state index is 0.316. The van der Waals surface area contributed by atoms with Crippen LogP contribution in [0.3, 0.4) is 0 Å². The van der Waals surface area contributed by atoms with Gasteiger partial charge in [-0.15, -0.1) is 11.3 Å². The number of nitrogens with one attached hydrogen (secondary N) is 1. The number of amides is 1. The number of methoxy groups -OCH3 is 1. The summed E-state index contributed by atoms with van der Waals surface area (Å²) in [5.41, 5.74) is 2.17. The molecule has 0 bridgehead atoms. The zero-order chi connectivity index (χ0) is 26.0. The molecule has 4 rings (SSSR count). The lowest BCUT2D eigenvalue weighted by molar-refractivity contribution is 0.0597. The number of benzene rings is 2. The van der Waals surface area contributed by atoms with Crippen LogP contribution in [-0.2, 0) is 9.47 Å². The van der Waals surface area contributed by atoms with E-state index in [9.17, 15) is 9.59 Å².